The monoisotopic (exact) mass is 250 g/mol. The quantitative estimate of drug-likeness (QED) is 0.800. The van der Waals surface area contributed by atoms with Gasteiger partial charge in [0.05, 0.1) is 24.6 Å². The van der Waals surface area contributed by atoms with Crippen LogP contribution in [0.25, 0.3) is 0 Å². The van der Waals surface area contributed by atoms with Crippen molar-refractivity contribution in [1.29, 1.82) is 0 Å². The van der Waals surface area contributed by atoms with Crippen LogP contribution < -0.4 is 9.80 Å². The molecule has 2 saturated heterocycles. The van der Waals surface area contributed by atoms with Crippen molar-refractivity contribution in [3.8, 4) is 0 Å². The number of rotatable bonds is 2. The van der Waals surface area contributed by atoms with E-state index in [4.69, 9.17) is 4.74 Å². The molecule has 0 bridgehead atoms. The van der Waals surface area contributed by atoms with Gasteiger partial charge >= 0.3 is 0 Å². The van der Waals surface area contributed by atoms with Gasteiger partial charge in [-0.05, 0) is 31.0 Å². The van der Waals surface area contributed by atoms with E-state index in [1.54, 1.807) is 12.1 Å². The number of benzene rings is 1. The second kappa shape index (κ2) is 5.14. The third kappa shape index (κ3) is 2.29. The van der Waals surface area contributed by atoms with E-state index in [2.05, 4.69) is 9.80 Å². The highest BCUT2D eigenvalue weighted by Crippen LogP contribution is 2.33. The number of hydrogen-bond acceptors (Lipinski definition) is 3. The van der Waals surface area contributed by atoms with Gasteiger partial charge < -0.3 is 14.5 Å². The first kappa shape index (κ1) is 11.8. The summed E-state index contributed by atoms with van der Waals surface area (Å²) in [5.41, 5.74) is 2.20. The topological polar surface area (TPSA) is 15.7 Å². The third-order valence-electron chi connectivity index (χ3n) is 3.74. The first-order chi connectivity index (χ1) is 8.84. The third-order valence-corrected chi connectivity index (χ3v) is 3.74. The Bertz CT molecular complexity index is 412. The number of ether oxygens (including phenoxy) is 1. The van der Waals surface area contributed by atoms with Gasteiger partial charge in [-0.2, -0.15) is 0 Å². The molecule has 0 radical (unpaired) electrons. The van der Waals surface area contributed by atoms with Gasteiger partial charge in [0, 0.05) is 26.2 Å². The molecular weight excluding hydrogens is 231 g/mol. The van der Waals surface area contributed by atoms with E-state index in [1.165, 1.54) is 12.8 Å². The van der Waals surface area contributed by atoms with Crippen LogP contribution in [0.4, 0.5) is 15.8 Å². The summed E-state index contributed by atoms with van der Waals surface area (Å²) < 4.78 is 18.9. The summed E-state index contributed by atoms with van der Waals surface area (Å²) in [5.74, 6) is -0.145. The lowest BCUT2D eigenvalue weighted by molar-refractivity contribution is 0.122. The van der Waals surface area contributed by atoms with Gasteiger partial charge in [-0.3, -0.25) is 0 Å². The second-order valence-electron chi connectivity index (χ2n) is 4.93. The van der Waals surface area contributed by atoms with Crippen molar-refractivity contribution in [2.45, 2.75) is 12.8 Å². The van der Waals surface area contributed by atoms with Crippen molar-refractivity contribution in [3.63, 3.8) is 0 Å². The van der Waals surface area contributed by atoms with Crippen molar-refractivity contribution in [1.82, 2.24) is 0 Å². The Labute approximate surface area is 107 Å². The molecule has 0 saturated carbocycles. The van der Waals surface area contributed by atoms with Crippen molar-refractivity contribution in [2.75, 3.05) is 49.2 Å². The minimum atomic E-state index is -0.145. The molecular formula is C14H19FN2O. The summed E-state index contributed by atoms with van der Waals surface area (Å²) in [6.07, 6.45) is 2.41. The van der Waals surface area contributed by atoms with Gasteiger partial charge in [-0.1, -0.05) is 0 Å². The predicted octanol–water partition coefficient (Wildman–Crippen LogP) is 2.26. The van der Waals surface area contributed by atoms with Gasteiger partial charge in [0.15, 0.2) is 0 Å². The summed E-state index contributed by atoms with van der Waals surface area (Å²) in [7, 11) is 0. The Hall–Kier alpha value is -1.29. The van der Waals surface area contributed by atoms with Crippen LogP contribution in [-0.2, 0) is 4.74 Å². The fourth-order valence-electron chi connectivity index (χ4n) is 2.78. The normalized spacial score (nSPS) is 20.5. The van der Waals surface area contributed by atoms with Crippen LogP contribution in [0.1, 0.15) is 12.8 Å². The maximum Gasteiger partial charge on any atom is 0.125 e. The highest BCUT2D eigenvalue weighted by Gasteiger charge is 2.21. The largest absolute Gasteiger partial charge is 0.378 e. The van der Waals surface area contributed by atoms with Gasteiger partial charge in [-0.15, -0.1) is 0 Å². The van der Waals surface area contributed by atoms with Gasteiger partial charge in [0.25, 0.3) is 0 Å². The molecule has 3 rings (SSSR count). The lowest BCUT2D eigenvalue weighted by atomic mass is 10.2. The summed E-state index contributed by atoms with van der Waals surface area (Å²) >= 11 is 0. The van der Waals surface area contributed by atoms with Gasteiger partial charge in [0.1, 0.15) is 5.82 Å². The standard InChI is InChI=1S/C14H19FN2O/c15-12-3-4-13(17-7-9-18-10-8-17)14(11-12)16-5-1-2-6-16/h3-4,11H,1-2,5-10H2. The second-order valence-corrected chi connectivity index (χ2v) is 4.93. The van der Waals surface area contributed by atoms with Crippen molar-refractivity contribution < 1.29 is 9.13 Å². The fourth-order valence-corrected chi connectivity index (χ4v) is 2.78. The van der Waals surface area contributed by atoms with Crippen molar-refractivity contribution in [2.24, 2.45) is 0 Å². The van der Waals surface area contributed by atoms with Crippen LogP contribution in [0, 0.1) is 5.82 Å². The lowest BCUT2D eigenvalue weighted by Gasteiger charge is -2.33. The lowest BCUT2D eigenvalue weighted by Crippen LogP contribution is -2.37. The Morgan fingerprint density at radius 1 is 0.889 bits per heavy atom. The Morgan fingerprint density at radius 2 is 1.56 bits per heavy atom. The highest BCUT2D eigenvalue weighted by molar-refractivity contribution is 5.72. The zero-order valence-corrected chi connectivity index (χ0v) is 10.6. The smallest absolute Gasteiger partial charge is 0.125 e. The highest BCUT2D eigenvalue weighted by atomic mass is 19.1. The number of nitrogens with zero attached hydrogens (tertiary/aromatic N) is 2. The molecule has 2 aliphatic heterocycles. The van der Waals surface area contributed by atoms with Crippen LogP contribution in [0.15, 0.2) is 18.2 Å². The molecule has 1 aromatic rings. The average Bonchev–Trinajstić information content (AvgIpc) is 2.93. The Morgan fingerprint density at radius 3 is 2.28 bits per heavy atom. The van der Waals surface area contributed by atoms with Gasteiger partial charge in [0.2, 0.25) is 0 Å². The van der Waals surface area contributed by atoms with Crippen LogP contribution in [-0.4, -0.2) is 39.4 Å². The van der Waals surface area contributed by atoms with Crippen LogP contribution in [0.3, 0.4) is 0 Å². The zero-order valence-electron chi connectivity index (χ0n) is 10.6. The molecule has 0 N–H and O–H groups in total. The molecule has 4 heteroatoms. The van der Waals surface area contributed by atoms with Crippen molar-refractivity contribution >= 4 is 11.4 Å². The maximum atomic E-state index is 13.5. The molecule has 2 heterocycles. The molecule has 1 aromatic carbocycles. The first-order valence-electron chi connectivity index (χ1n) is 6.72. The van der Waals surface area contributed by atoms with E-state index in [9.17, 15) is 4.39 Å². The summed E-state index contributed by atoms with van der Waals surface area (Å²) in [6.45, 7) is 5.40. The molecule has 0 amide bonds. The first-order valence-corrected chi connectivity index (χ1v) is 6.72. The van der Waals surface area contributed by atoms with E-state index < -0.39 is 0 Å². The maximum absolute atomic E-state index is 13.5. The van der Waals surface area contributed by atoms with E-state index in [0.29, 0.717) is 0 Å². The number of anilines is 2. The van der Waals surface area contributed by atoms with E-state index >= 15 is 0 Å². The minimum Gasteiger partial charge on any atom is -0.378 e. The molecule has 0 aliphatic carbocycles. The predicted molar refractivity (Wildman–Crippen MR) is 70.9 cm³/mol. The zero-order chi connectivity index (χ0) is 12.4. The molecule has 3 nitrogen and oxygen atoms in total. The Kier molecular flexibility index (Phi) is 3.37. The fraction of sp³-hybridized carbons (Fsp3) is 0.571. The molecule has 0 aromatic heterocycles. The average molecular weight is 250 g/mol. The summed E-state index contributed by atoms with van der Waals surface area (Å²) in [5, 5.41) is 0. The minimum absolute atomic E-state index is 0.145. The van der Waals surface area contributed by atoms with Crippen LogP contribution in [0.2, 0.25) is 0 Å². The Balaban J connectivity index is 1.91. The number of halogens is 1. The number of hydrogen-bond donors (Lipinski definition) is 0. The van der Waals surface area contributed by atoms with Crippen LogP contribution >= 0.6 is 0 Å². The summed E-state index contributed by atoms with van der Waals surface area (Å²) in [6, 6.07) is 5.15. The van der Waals surface area contributed by atoms with Crippen LogP contribution in [0.5, 0.6) is 0 Å². The summed E-state index contributed by atoms with van der Waals surface area (Å²) in [4.78, 5) is 4.60. The van der Waals surface area contributed by atoms with E-state index in [1.807, 2.05) is 6.07 Å². The molecule has 18 heavy (non-hydrogen) atoms. The molecule has 2 aliphatic rings. The SMILES string of the molecule is Fc1ccc(N2CCOCC2)c(N2CCCC2)c1. The molecule has 0 spiro atoms. The van der Waals surface area contributed by atoms with Crippen molar-refractivity contribution in [3.05, 3.63) is 24.0 Å². The molecule has 0 unspecified atom stereocenters. The molecule has 0 atom stereocenters. The number of morpholine rings is 1. The van der Waals surface area contributed by atoms with E-state index in [-0.39, 0.29) is 5.82 Å². The van der Waals surface area contributed by atoms with Gasteiger partial charge in [-0.25, -0.2) is 4.39 Å². The molecule has 98 valence electrons. The molecule has 2 fully saturated rings. The van der Waals surface area contributed by atoms with E-state index in [0.717, 1.165) is 50.8 Å².